The predicted molar refractivity (Wildman–Crippen MR) is 75.0 cm³/mol. The summed E-state index contributed by atoms with van der Waals surface area (Å²) >= 11 is 3.36. The van der Waals surface area contributed by atoms with Gasteiger partial charge >= 0.3 is 0 Å². The predicted octanol–water partition coefficient (Wildman–Crippen LogP) is 3.26. The Kier molecular flexibility index (Phi) is 3.19. The molecule has 0 spiro atoms. The highest BCUT2D eigenvalue weighted by Gasteiger charge is 2.21. The number of ether oxygens (including phenoxy) is 1. The molecule has 1 N–H and O–H groups in total. The number of nitrogens with zero attached hydrogens (tertiary/aromatic N) is 1. The van der Waals surface area contributed by atoms with E-state index in [1.54, 1.807) is 0 Å². The normalized spacial score (nSPS) is 17.1. The molecular weight excluding hydrogens is 292 g/mol. The summed E-state index contributed by atoms with van der Waals surface area (Å²) in [6, 6.07) is 14.0. The van der Waals surface area contributed by atoms with Gasteiger partial charge in [-0.3, -0.25) is 0 Å². The third kappa shape index (κ3) is 2.48. The summed E-state index contributed by atoms with van der Waals surface area (Å²) in [4.78, 5) is 4.33. The number of hydrogen-bond donors (Lipinski definition) is 1. The van der Waals surface area contributed by atoms with E-state index in [0.29, 0.717) is 0 Å². The Hall–Kier alpha value is -1.55. The van der Waals surface area contributed by atoms with Crippen LogP contribution in [0.4, 0.5) is 5.82 Å². The Bertz CT molecular complexity index is 534. The lowest BCUT2D eigenvalue weighted by Gasteiger charge is -2.12. The van der Waals surface area contributed by atoms with Crippen LogP contribution in [0.3, 0.4) is 0 Å². The molecule has 92 valence electrons. The van der Waals surface area contributed by atoms with Crippen LogP contribution < -0.4 is 10.1 Å². The molecule has 1 aliphatic heterocycles. The molecule has 3 rings (SSSR count). The molecule has 0 aliphatic carbocycles. The standard InChI is InChI=1S/C14H13BrN2O/c15-13-6-3-7-14(17-13)16-9-11-8-10-4-1-2-5-12(10)18-11/h1-7,11H,8-9H2,(H,16,17). The Morgan fingerprint density at radius 1 is 1.22 bits per heavy atom. The number of fused-ring (bicyclic) bond motifs is 1. The molecule has 0 radical (unpaired) electrons. The van der Waals surface area contributed by atoms with Gasteiger partial charge in [0.05, 0.1) is 6.54 Å². The largest absolute Gasteiger partial charge is 0.488 e. The van der Waals surface area contributed by atoms with Crippen molar-refractivity contribution >= 4 is 21.7 Å². The zero-order chi connectivity index (χ0) is 12.4. The van der Waals surface area contributed by atoms with Crippen LogP contribution in [0, 0.1) is 0 Å². The average Bonchev–Trinajstić information content (AvgIpc) is 2.79. The Labute approximate surface area is 114 Å². The van der Waals surface area contributed by atoms with Crippen molar-refractivity contribution in [3.05, 3.63) is 52.6 Å². The van der Waals surface area contributed by atoms with E-state index in [4.69, 9.17) is 4.74 Å². The van der Waals surface area contributed by atoms with Crippen molar-refractivity contribution in [1.82, 2.24) is 4.98 Å². The number of nitrogens with one attached hydrogen (secondary N) is 1. The highest BCUT2D eigenvalue weighted by Crippen LogP contribution is 2.28. The van der Waals surface area contributed by atoms with E-state index in [2.05, 4.69) is 32.3 Å². The molecule has 2 aromatic rings. The average molecular weight is 305 g/mol. The summed E-state index contributed by atoms with van der Waals surface area (Å²) in [6.45, 7) is 0.762. The van der Waals surface area contributed by atoms with E-state index in [9.17, 15) is 0 Å². The van der Waals surface area contributed by atoms with Gasteiger partial charge in [-0.05, 0) is 39.7 Å². The van der Waals surface area contributed by atoms with Crippen molar-refractivity contribution in [3.8, 4) is 5.75 Å². The first-order chi connectivity index (χ1) is 8.81. The third-order valence-corrected chi connectivity index (χ3v) is 3.38. The van der Waals surface area contributed by atoms with Crippen molar-refractivity contribution in [2.24, 2.45) is 0 Å². The van der Waals surface area contributed by atoms with Crippen molar-refractivity contribution in [2.75, 3.05) is 11.9 Å². The quantitative estimate of drug-likeness (QED) is 0.884. The van der Waals surface area contributed by atoms with Gasteiger partial charge in [0.2, 0.25) is 0 Å². The summed E-state index contributed by atoms with van der Waals surface area (Å²) < 4.78 is 6.69. The number of pyridine rings is 1. The van der Waals surface area contributed by atoms with Crippen LogP contribution in [-0.4, -0.2) is 17.6 Å². The molecule has 0 amide bonds. The minimum absolute atomic E-state index is 0.184. The van der Waals surface area contributed by atoms with Crippen LogP contribution in [0.25, 0.3) is 0 Å². The smallest absolute Gasteiger partial charge is 0.127 e. The molecule has 1 unspecified atom stereocenters. The monoisotopic (exact) mass is 304 g/mol. The zero-order valence-corrected chi connectivity index (χ0v) is 11.4. The number of para-hydroxylation sites is 1. The van der Waals surface area contributed by atoms with Gasteiger partial charge in [-0.1, -0.05) is 24.3 Å². The van der Waals surface area contributed by atoms with Crippen LogP contribution in [0.1, 0.15) is 5.56 Å². The number of hydrogen-bond acceptors (Lipinski definition) is 3. The summed E-state index contributed by atoms with van der Waals surface area (Å²) in [5.41, 5.74) is 1.28. The summed E-state index contributed by atoms with van der Waals surface area (Å²) in [5, 5.41) is 3.30. The van der Waals surface area contributed by atoms with E-state index >= 15 is 0 Å². The summed E-state index contributed by atoms with van der Waals surface area (Å²) in [7, 11) is 0. The molecule has 3 nitrogen and oxygen atoms in total. The van der Waals surface area contributed by atoms with Crippen molar-refractivity contribution in [1.29, 1.82) is 0 Å². The Morgan fingerprint density at radius 2 is 2.11 bits per heavy atom. The van der Waals surface area contributed by atoms with Crippen molar-refractivity contribution < 1.29 is 4.74 Å². The molecule has 1 aromatic heterocycles. The lowest BCUT2D eigenvalue weighted by molar-refractivity contribution is 0.246. The van der Waals surface area contributed by atoms with Crippen LogP contribution in [0.15, 0.2) is 47.1 Å². The van der Waals surface area contributed by atoms with Gasteiger partial charge < -0.3 is 10.1 Å². The molecular formula is C14H13BrN2O. The van der Waals surface area contributed by atoms with Crippen molar-refractivity contribution in [3.63, 3.8) is 0 Å². The first-order valence-electron chi connectivity index (χ1n) is 5.92. The molecule has 4 heteroatoms. The molecule has 1 atom stereocenters. The second-order valence-corrected chi connectivity index (χ2v) is 5.09. The van der Waals surface area contributed by atoms with E-state index in [-0.39, 0.29) is 6.10 Å². The first kappa shape index (κ1) is 11.5. The fourth-order valence-corrected chi connectivity index (χ4v) is 2.44. The van der Waals surface area contributed by atoms with Gasteiger partial charge in [-0.25, -0.2) is 4.98 Å². The summed E-state index contributed by atoms with van der Waals surface area (Å²) in [6.07, 6.45) is 1.14. The highest BCUT2D eigenvalue weighted by molar-refractivity contribution is 9.10. The number of aromatic nitrogens is 1. The minimum atomic E-state index is 0.184. The maximum atomic E-state index is 5.86. The molecule has 0 bridgehead atoms. The number of benzene rings is 1. The maximum absolute atomic E-state index is 5.86. The molecule has 2 heterocycles. The molecule has 0 saturated heterocycles. The highest BCUT2D eigenvalue weighted by atomic mass is 79.9. The van der Waals surface area contributed by atoms with Gasteiger partial charge in [0.1, 0.15) is 22.3 Å². The van der Waals surface area contributed by atoms with Gasteiger partial charge in [-0.2, -0.15) is 0 Å². The number of rotatable bonds is 3. The van der Waals surface area contributed by atoms with Gasteiger partial charge in [0, 0.05) is 6.42 Å². The molecule has 0 saturated carbocycles. The minimum Gasteiger partial charge on any atom is -0.488 e. The number of halogens is 1. The molecule has 0 fully saturated rings. The van der Waals surface area contributed by atoms with E-state index in [1.807, 2.05) is 36.4 Å². The molecule has 1 aliphatic rings. The fraction of sp³-hybridized carbons (Fsp3) is 0.214. The van der Waals surface area contributed by atoms with Crippen LogP contribution in [-0.2, 0) is 6.42 Å². The first-order valence-corrected chi connectivity index (χ1v) is 6.71. The maximum Gasteiger partial charge on any atom is 0.127 e. The molecule has 18 heavy (non-hydrogen) atoms. The van der Waals surface area contributed by atoms with Gasteiger partial charge in [0.15, 0.2) is 0 Å². The van der Waals surface area contributed by atoms with E-state index in [1.165, 1.54) is 5.56 Å². The number of anilines is 1. The lowest BCUT2D eigenvalue weighted by Crippen LogP contribution is -2.24. The van der Waals surface area contributed by atoms with E-state index < -0.39 is 0 Å². The summed E-state index contributed by atoms with van der Waals surface area (Å²) in [5.74, 6) is 1.87. The van der Waals surface area contributed by atoms with Crippen molar-refractivity contribution in [2.45, 2.75) is 12.5 Å². The molecule has 1 aromatic carbocycles. The van der Waals surface area contributed by atoms with Gasteiger partial charge in [-0.15, -0.1) is 0 Å². The van der Waals surface area contributed by atoms with E-state index in [0.717, 1.165) is 29.1 Å². The fourth-order valence-electron chi connectivity index (χ4n) is 2.09. The topological polar surface area (TPSA) is 34.1 Å². The van der Waals surface area contributed by atoms with Crippen LogP contribution in [0.5, 0.6) is 5.75 Å². The lowest BCUT2D eigenvalue weighted by atomic mass is 10.1. The van der Waals surface area contributed by atoms with Crippen LogP contribution in [0.2, 0.25) is 0 Å². The van der Waals surface area contributed by atoms with Crippen LogP contribution >= 0.6 is 15.9 Å². The third-order valence-electron chi connectivity index (χ3n) is 2.94. The SMILES string of the molecule is Brc1cccc(NCC2Cc3ccccc3O2)n1. The van der Waals surface area contributed by atoms with Gasteiger partial charge in [0.25, 0.3) is 0 Å². The second kappa shape index (κ2) is 4.98. The Balaban J connectivity index is 1.60. The Morgan fingerprint density at radius 3 is 2.94 bits per heavy atom. The zero-order valence-electron chi connectivity index (χ0n) is 9.77. The second-order valence-electron chi connectivity index (χ2n) is 4.28.